The molecule has 1 saturated heterocycles. The predicted octanol–water partition coefficient (Wildman–Crippen LogP) is 3.69. The Labute approximate surface area is 143 Å². The van der Waals surface area contributed by atoms with Gasteiger partial charge in [-0.1, -0.05) is 6.07 Å². The molecule has 1 fully saturated rings. The van der Waals surface area contributed by atoms with Crippen molar-refractivity contribution < 1.29 is 27.1 Å². The highest BCUT2D eigenvalue weighted by molar-refractivity contribution is 5.92. The molecule has 0 N–H and O–H groups in total. The van der Waals surface area contributed by atoms with Crippen LogP contribution in [0.1, 0.15) is 22.3 Å². The van der Waals surface area contributed by atoms with Crippen LogP contribution >= 0.6 is 0 Å². The van der Waals surface area contributed by atoms with Gasteiger partial charge in [0, 0.05) is 17.5 Å². The van der Waals surface area contributed by atoms with Crippen LogP contribution in [0.5, 0.6) is 0 Å². The Morgan fingerprint density at radius 3 is 2.68 bits per heavy atom. The molecule has 136 valence electrons. The molecule has 1 aliphatic heterocycles. The second kappa shape index (κ2) is 6.37. The third kappa shape index (κ3) is 3.38. The topological polar surface area (TPSA) is 42.7 Å². The van der Waals surface area contributed by atoms with E-state index < -0.39 is 18.8 Å². The molecule has 1 amide bonds. The second-order valence-corrected chi connectivity index (χ2v) is 6.52. The quantitative estimate of drug-likeness (QED) is 0.825. The van der Waals surface area contributed by atoms with E-state index in [-0.39, 0.29) is 25.5 Å². The van der Waals surface area contributed by atoms with Gasteiger partial charge in [0.15, 0.2) is 6.10 Å². The predicted molar refractivity (Wildman–Crippen MR) is 86.5 cm³/mol. The summed E-state index contributed by atoms with van der Waals surface area (Å²) in [6.45, 7) is 5.46. The lowest BCUT2D eigenvalue weighted by Gasteiger charge is -2.33. The van der Waals surface area contributed by atoms with E-state index in [2.05, 4.69) is 0 Å². The lowest BCUT2D eigenvalue weighted by Crippen LogP contribution is -2.51. The highest BCUT2D eigenvalue weighted by atomic mass is 19.4. The number of benzene rings is 1. The minimum Gasteiger partial charge on any atom is -0.464 e. The van der Waals surface area contributed by atoms with Gasteiger partial charge in [0.25, 0.3) is 0 Å². The summed E-state index contributed by atoms with van der Waals surface area (Å²) >= 11 is 0. The molecule has 0 spiro atoms. The van der Waals surface area contributed by atoms with Gasteiger partial charge in [0.2, 0.25) is 5.91 Å². The number of hydrogen-bond acceptors (Lipinski definition) is 3. The standard InChI is InChI=1S/C18H20F3NO3/c1-10-6-11(2)16-13(9-25-17(16)12(10)3)7-15(23)22-4-5-24-14(8-22)18(19,20)21/h6,9,14H,4-5,7-8H2,1-3H3/t14-/m1/s1. The Balaban J connectivity index is 1.82. The van der Waals surface area contributed by atoms with Gasteiger partial charge in [-0.15, -0.1) is 0 Å². The molecule has 0 saturated carbocycles. The van der Waals surface area contributed by atoms with Gasteiger partial charge in [0.05, 0.1) is 25.8 Å². The van der Waals surface area contributed by atoms with E-state index in [1.165, 1.54) is 11.2 Å². The Morgan fingerprint density at radius 1 is 1.28 bits per heavy atom. The monoisotopic (exact) mass is 355 g/mol. The molecule has 0 aliphatic carbocycles. The molecule has 0 unspecified atom stereocenters. The minimum absolute atomic E-state index is 0.0148. The molecule has 2 aromatic rings. The molecule has 2 heterocycles. The summed E-state index contributed by atoms with van der Waals surface area (Å²) in [7, 11) is 0. The van der Waals surface area contributed by atoms with Crippen LogP contribution in [-0.4, -0.2) is 42.8 Å². The maximum Gasteiger partial charge on any atom is 0.416 e. The lowest BCUT2D eigenvalue weighted by molar-refractivity contribution is -0.236. The fraction of sp³-hybridized carbons (Fsp3) is 0.500. The summed E-state index contributed by atoms with van der Waals surface area (Å²) in [5.74, 6) is -0.349. The number of furan rings is 1. The zero-order chi connectivity index (χ0) is 18.4. The molecule has 1 atom stereocenters. The van der Waals surface area contributed by atoms with Crippen molar-refractivity contribution in [3.8, 4) is 0 Å². The molecular formula is C18H20F3NO3. The number of carbonyl (C=O) groups excluding carboxylic acids is 1. The number of rotatable bonds is 2. The SMILES string of the molecule is Cc1cc(C)c2c(CC(=O)N3CCO[C@@H](C(F)(F)F)C3)coc2c1C. The van der Waals surface area contributed by atoms with Crippen LogP contribution in [0.3, 0.4) is 0 Å². The van der Waals surface area contributed by atoms with E-state index in [0.29, 0.717) is 5.56 Å². The van der Waals surface area contributed by atoms with Gasteiger partial charge in [-0.3, -0.25) is 4.79 Å². The number of ether oxygens (including phenoxy) is 1. The number of alkyl halides is 3. The molecule has 25 heavy (non-hydrogen) atoms. The minimum atomic E-state index is -4.47. The average molecular weight is 355 g/mol. The lowest BCUT2D eigenvalue weighted by atomic mass is 9.98. The highest BCUT2D eigenvalue weighted by Crippen LogP contribution is 2.31. The number of aryl methyl sites for hydroxylation is 3. The van der Waals surface area contributed by atoms with Crippen molar-refractivity contribution in [1.82, 2.24) is 4.90 Å². The van der Waals surface area contributed by atoms with Crippen LogP contribution < -0.4 is 0 Å². The van der Waals surface area contributed by atoms with Crippen molar-refractivity contribution in [2.75, 3.05) is 19.7 Å². The van der Waals surface area contributed by atoms with E-state index in [1.807, 2.05) is 26.8 Å². The van der Waals surface area contributed by atoms with Gasteiger partial charge >= 0.3 is 6.18 Å². The summed E-state index contributed by atoms with van der Waals surface area (Å²) in [4.78, 5) is 13.7. The first-order valence-corrected chi connectivity index (χ1v) is 8.11. The maximum absolute atomic E-state index is 12.8. The molecule has 3 rings (SSSR count). The Kier molecular flexibility index (Phi) is 4.53. The zero-order valence-electron chi connectivity index (χ0n) is 14.4. The maximum atomic E-state index is 12.8. The van der Waals surface area contributed by atoms with Crippen molar-refractivity contribution in [1.29, 1.82) is 0 Å². The van der Waals surface area contributed by atoms with E-state index in [4.69, 9.17) is 9.15 Å². The van der Waals surface area contributed by atoms with Crippen molar-refractivity contribution in [3.05, 3.63) is 34.6 Å². The Morgan fingerprint density at radius 2 is 2.00 bits per heavy atom. The zero-order valence-corrected chi connectivity index (χ0v) is 14.4. The van der Waals surface area contributed by atoms with Crippen molar-refractivity contribution in [2.24, 2.45) is 0 Å². The van der Waals surface area contributed by atoms with Crippen LogP contribution in [0.2, 0.25) is 0 Å². The molecule has 0 radical (unpaired) electrons. The van der Waals surface area contributed by atoms with E-state index in [1.54, 1.807) is 0 Å². The van der Waals surface area contributed by atoms with E-state index in [9.17, 15) is 18.0 Å². The van der Waals surface area contributed by atoms with Crippen LogP contribution in [0.15, 0.2) is 16.7 Å². The fourth-order valence-corrected chi connectivity index (χ4v) is 3.26. The van der Waals surface area contributed by atoms with E-state index in [0.717, 1.165) is 27.7 Å². The summed E-state index contributed by atoms with van der Waals surface area (Å²) in [5.41, 5.74) is 4.53. The first-order valence-electron chi connectivity index (χ1n) is 8.11. The summed E-state index contributed by atoms with van der Waals surface area (Å²) in [6.07, 6.45) is -4.84. The Bertz CT molecular complexity index is 810. The van der Waals surface area contributed by atoms with E-state index >= 15 is 0 Å². The number of halogens is 3. The molecule has 7 heteroatoms. The van der Waals surface area contributed by atoms with Crippen molar-refractivity contribution in [3.63, 3.8) is 0 Å². The van der Waals surface area contributed by atoms with Gasteiger partial charge < -0.3 is 14.1 Å². The summed E-state index contributed by atoms with van der Waals surface area (Å²) in [6, 6.07) is 2.02. The van der Waals surface area contributed by atoms with Gasteiger partial charge in [0.1, 0.15) is 5.58 Å². The molecule has 4 nitrogen and oxygen atoms in total. The molecule has 1 aromatic carbocycles. The first kappa shape index (κ1) is 17.8. The third-order valence-electron chi connectivity index (χ3n) is 4.75. The average Bonchev–Trinajstić information content (AvgIpc) is 2.96. The fourth-order valence-electron chi connectivity index (χ4n) is 3.26. The number of morpholine rings is 1. The van der Waals surface area contributed by atoms with Gasteiger partial charge in [-0.05, 0) is 37.5 Å². The second-order valence-electron chi connectivity index (χ2n) is 6.52. The number of nitrogens with zero attached hydrogens (tertiary/aromatic N) is 1. The van der Waals surface area contributed by atoms with Crippen LogP contribution in [0.25, 0.3) is 11.0 Å². The number of carbonyl (C=O) groups is 1. The van der Waals surface area contributed by atoms with Crippen molar-refractivity contribution in [2.45, 2.75) is 39.5 Å². The van der Waals surface area contributed by atoms with Crippen LogP contribution in [0.4, 0.5) is 13.2 Å². The first-order chi connectivity index (χ1) is 11.7. The smallest absolute Gasteiger partial charge is 0.416 e. The summed E-state index contributed by atoms with van der Waals surface area (Å²) in [5, 5.41) is 0.872. The molecule has 1 aromatic heterocycles. The molecular weight excluding hydrogens is 335 g/mol. The highest BCUT2D eigenvalue weighted by Gasteiger charge is 2.44. The van der Waals surface area contributed by atoms with Gasteiger partial charge in [-0.25, -0.2) is 0 Å². The Hall–Kier alpha value is -2.02. The number of amides is 1. The van der Waals surface area contributed by atoms with Crippen LogP contribution in [-0.2, 0) is 16.0 Å². The third-order valence-corrected chi connectivity index (χ3v) is 4.75. The molecule has 1 aliphatic rings. The largest absolute Gasteiger partial charge is 0.464 e. The molecule has 0 bridgehead atoms. The summed E-state index contributed by atoms with van der Waals surface area (Å²) < 4.78 is 48.8. The number of hydrogen-bond donors (Lipinski definition) is 0. The van der Waals surface area contributed by atoms with Gasteiger partial charge in [-0.2, -0.15) is 13.2 Å². The van der Waals surface area contributed by atoms with Crippen molar-refractivity contribution >= 4 is 16.9 Å². The number of fused-ring (bicyclic) bond motifs is 1. The van der Waals surface area contributed by atoms with Crippen LogP contribution in [0, 0.1) is 20.8 Å². The normalized spacial score (nSPS) is 18.8.